The molecule has 0 radical (unpaired) electrons. The molecule has 2 saturated heterocycles. The number of carboxylic acid groups (broad SMARTS) is 1. The molecule has 0 saturated carbocycles. The summed E-state index contributed by atoms with van der Waals surface area (Å²) in [6, 6.07) is 9.69. The van der Waals surface area contributed by atoms with E-state index in [0.29, 0.717) is 48.1 Å². The number of nitrogens with one attached hydrogen (secondary N) is 1. The Labute approximate surface area is 226 Å². The predicted molar refractivity (Wildman–Crippen MR) is 143 cm³/mol. The van der Waals surface area contributed by atoms with Gasteiger partial charge in [0.1, 0.15) is 11.8 Å². The lowest BCUT2D eigenvalue weighted by Gasteiger charge is -2.30. The molecular weight excluding hydrogens is 530 g/mol. The summed E-state index contributed by atoms with van der Waals surface area (Å²) in [6.07, 6.45) is 0.395. The van der Waals surface area contributed by atoms with Crippen LogP contribution in [0.1, 0.15) is 24.0 Å². The Balaban J connectivity index is 1.58. The van der Waals surface area contributed by atoms with Gasteiger partial charge in [-0.05, 0) is 56.1 Å². The van der Waals surface area contributed by atoms with Gasteiger partial charge in [0.15, 0.2) is 0 Å². The highest BCUT2D eigenvalue weighted by Gasteiger charge is 2.43. The minimum Gasteiger partial charge on any atom is -0.480 e. The maximum Gasteiger partial charge on any atom is 0.415 e. The molecule has 2 fully saturated rings. The fourth-order valence-corrected chi connectivity index (χ4v) is 6.89. The molecule has 12 heteroatoms. The fourth-order valence-electron chi connectivity index (χ4n) is 4.41. The lowest BCUT2D eigenvalue weighted by Crippen LogP contribution is -2.54. The van der Waals surface area contributed by atoms with Crippen LogP contribution in [0.15, 0.2) is 53.4 Å². The van der Waals surface area contributed by atoms with Crippen molar-refractivity contribution in [2.75, 3.05) is 31.1 Å². The van der Waals surface area contributed by atoms with Crippen LogP contribution in [0.2, 0.25) is 0 Å². The Morgan fingerprint density at radius 3 is 2.34 bits per heavy atom. The summed E-state index contributed by atoms with van der Waals surface area (Å²) >= 11 is 1.77. The van der Waals surface area contributed by atoms with Crippen LogP contribution in [0.3, 0.4) is 0 Å². The fraction of sp³-hybridized carbons (Fsp3) is 0.423. The lowest BCUT2D eigenvalue weighted by atomic mass is 10.0. The molecule has 2 aromatic carbocycles. The molecule has 4 rings (SSSR count). The zero-order valence-electron chi connectivity index (χ0n) is 21.0. The molecule has 0 aromatic heterocycles. The smallest absolute Gasteiger partial charge is 0.415 e. The van der Waals surface area contributed by atoms with Gasteiger partial charge in [-0.2, -0.15) is 11.8 Å². The van der Waals surface area contributed by atoms with E-state index in [1.54, 1.807) is 47.9 Å². The molecule has 38 heavy (non-hydrogen) atoms. The number of amides is 2. The zero-order valence-corrected chi connectivity index (χ0v) is 22.7. The first kappa shape index (κ1) is 27.9. The second-order valence-corrected chi connectivity index (χ2v) is 12.3. The quantitative estimate of drug-likeness (QED) is 0.499. The third-order valence-corrected chi connectivity index (χ3v) is 9.31. The second-order valence-electron chi connectivity index (χ2n) is 9.27. The van der Waals surface area contributed by atoms with Crippen LogP contribution in [0, 0.1) is 6.92 Å². The highest BCUT2D eigenvalue weighted by Crippen LogP contribution is 2.25. The molecule has 2 N–H and O–H groups in total. The highest BCUT2D eigenvalue weighted by atomic mass is 32.2. The molecular formula is C26H31N3O7S2. The normalized spacial score (nSPS) is 18.6. The molecule has 10 nitrogen and oxygen atoms in total. The number of thioether (sulfide) groups is 1. The third-order valence-electron chi connectivity index (χ3n) is 6.55. The van der Waals surface area contributed by atoms with E-state index in [9.17, 15) is 27.9 Å². The molecule has 2 aliphatic rings. The van der Waals surface area contributed by atoms with Gasteiger partial charge in [-0.1, -0.05) is 29.8 Å². The van der Waals surface area contributed by atoms with Crippen molar-refractivity contribution < 1.29 is 32.6 Å². The molecule has 0 bridgehead atoms. The largest absolute Gasteiger partial charge is 0.480 e. The van der Waals surface area contributed by atoms with E-state index in [1.165, 1.54) is 24.3 Å². The standard InChI is InChI=1S/C26H31N3O7S2/c1-18-4-10-21(11-5-18)38(34,35)29(24(30)22-3-2-12-27-22)23(25(31)32)17-19-6-8-20(9-7-19)36-26(33)28-13-15-37-16-14-28/h4-11,22-23,27H,2-3,12-17H2,1H3,(H,31,32)/t22-,23-/m0/s1. The van der Waals surface area contributed by atoms with E-state index < -0.39 is 40.1 Å². The highest BCUT2D eigenvalue weighted by molar-refractivity contribution is 7.99. The van der Waals surface area contributed by atoms with Crippen LogP contribution in [0.4, 0.5) is 4.79 Å². The van der Waals surface area contributed by atoms with Gasteiger partial charge in [0.05, 0.1) is 10.9 Å². The van der Waals surface area contributed by atoms with Gasteiger partial charge in [-0.25, -0.2) is 22.3 Å². The number of nitrogens with zero attached hydrogens (tertiary/aromatic N) is 2. The average molecular weight is 562 g/mol. The molecule has 2 aromatic rings. The number of hydrogen-bond acceptors (Lipinski definition) is 8. The predicted octanol–water partition coefficient (Wildman–Crippen LogP) is 2.51. The monoisotopic (exact) mass is 561 g/mol. The van der Waals surface area contributed by atoms with Crippen molar-refractivity contribution >= 4 is 39.8 Å². The van der Waals surface area contributed by atoms with Crippen LogP contribution in [0.5, 0.6) is 5.75 Å². The van der Waals surface area contributed by atoms with E-state index in [2.05, 4.69) is 5.32 Å². The molecule has 0 unspecified atom stereocenters. The number of carbonyl (C=O) groups excluding carboxylic acids is 2. The van der Waals surface area contributed by atoms with Crippen molar-refractivity contribution in [3.05, 3.63) is 59.7 Å². The Kier molecular flexibility index (Phi) is 8.95. The molecule has 2 amide bonds. The third kappa shape index (κ3) is 6.48. The molecule has 0 aliphatic carbocycles. The van der Waals surface area contributed by atoms with E-state index >= 15 is 0 Å². The van der Waals surface area contributed by atoms with Gasteiger partial charge in [-0.15, -0.1) is 0 Å². The maximum atomic E-state index is 13.7. The number of benzene rings is 2. The molecule has 2 aliphatic heterocycles. The van der Waals surface area contributed by atoms with Crippen molar-refractivity contribution in [1.29, 1.82) is 0 Å². The van der Waals surface area contributed by atoms with Gasteiger partial charge in [0, 0.05) is 31.0 Å². The number of carboxylic acids is 1. The van der Waals surface area contributed by atoms with Crippen LogP contribution < -0.4 is 10.1 Å². The van der Waals surface area contributed by atoms with Crippen molar-refractivity contribution in [3.63, 3.8) is 0 Å². The Hall–Kier alpha value is -3.09. The van der Waals surface area contributed by atoms with E-state index in [-0.39, 0.29) is 11.3 Å². The summed E-state index contributed by atoms with van der Waals surface area (Å²) in [6.45, 7) is 3.56. The molecule has 2 atom stereocenters. The lowest BCUT2D eigenvalue weighted by molar-refractivity contribution is -0.146. The molecule has 204 valence electrons. The average Bonchev–Trinajstić information content (AvgIpc) is 3.45. The van der Waals surface area contributed by atoms with Crippen molar-refractivity contribution in [2.45, 2.75) is 43.2 Å². The van der Waals surface area contributed by atoms with Crippen LogP contribution in [-0.2, 0) is 26.0 Å². The van der Waals surface area contributed by atoms with Gasteiger partial charge < -0.3 is 20.1 Å². The summed E-state index contributed by atoms with van der Waals surface area (Å²) in [5, 5.41) is 13.1. The molecule has 2 heterocycles. The van der Waals surface area contributed by atoms with E-state index in [4.69, 9.17) is 4.74 Å². The zero-order chi connectivity index (χ0) is 27.3. The van der Waals surface area contributed by atoms with Gasteiger partial charge >= 0.3 is 12.1 Å². The first-order chi connectivity index (χ1) is 18.2. The summed E-state index contributed by atoms with van der Waals surface area (Å²) in [4.78, 5) is 39.7. The summed E-state index contributed by atoms with van der Waals surface area (Å²) in [5.41, 5.74) is 1.30. The number of ether oxygens (including phenoxy) is 1. The number of hydrogen-bond donors (Lipinski definition) is 2. The Morgan fingerprint density at radius 1 is 1.11 bits per heavy atom. The van der Waals surface area contributed by atoms with Gasteiger partial charge in [-0.3, -0.25) is 4.79 Å². The number of aryl methyl sites for hydroxylation is 1. The first-order valence-electron chi connectivity index (χ1n) is 12.4. The van der Waals surface area contributed by atoms with Crippen LogP contribution in [0.25, 0.3) is 0 Å². The molecule has 0 spiro atoms. The Bertz CT molecular complexity index is 1250. The van der Waals surface area contributed by atoms with E-state index in [1.807, 2.05) is 0 Å². The minimum absolute atomic E-state index is 0.154. The number of rotatable bonds is 8. The SMILES string of the molecule is Cc1ccc(S(=O)(=O)N(C(=O)[C@@H]2CCCN2)[C@@H](Cc2ccc(OC(=O)N3CCSCC3)cc2)C(=O)O)cc1. The van der Waals surface area contributed by atoms with Crippen LogP contribution >= 0.6 is 11.8 Å². The van der Waals surface area contributed by atoms with Gasteiger partial charge in [0.2, 0.25) is 0 Å². The van der Waals surface area contributed by atoms with E-state index in [0.717, 1.165) is 17.1 Å². The topological polar surface area (TPSA) is 133 Å². The van der Waals surface area contributed by atoms with Crippen LogP contribution in [-0.4, -0.2) is 83.9 Å². The number of sulfonamides is 1. The van der Waals surface area contributed by atoms with Crippen molar-refractivity contribution in [1.82, 2.24) is 14.5 Å². The summed E-state index contributed by atoms with van der Waals surface area (Å²) in [5.74, 6) is -0.242. The maximum absolute atomic E-state index is 13.7. The van der Waals surface area contributed by atoms with Crippen molar-refractivity contribution in [3.8, 4) is 5.75 Å². The summed E-state index contributed by atoms with van der Waals surface area (Å²) in [7, 11) is -4.47. The Morgan fingerprint density at radius 2 is 1.76 bits per heavy atom. The summed E-state index contributed by atoms with van der Waals surface area (Å²) < 4.78 is 33.3. The second kappa shape index (κ2) is 12.2. The van der Waals surface area contributed by atoms with Gasteiger partial charge in [0.25, 0.3) is 15.9 Å². The minimum atomic E-state index is -4.47. The van der Waals surface area contributed by atoms with Crippen molar-refractivity contribution in [2.24, 2.45) is 0 Å². The first-order valence-corrected chi connectivity index (χ1v) is 15.0. The number of aliphatic carboxylic acids is 1. The number of carbonyl (C=O) groups is 3.